The highest BCUT2D eigenvalue weighted by Gasteiger charge is 2.31. The van der Waals surface area contributed by atoms with Crippen LogP contribution in [-0.2, 0) is 24.1 Å². The number of phenolic OH excluding ortho intramolecular Hbond substituents is 1. The lowest BCUT2D eigenvalue weighted by Gasteiger charge is -2.17. The first-order chi connectivity index (χ1) is 17.7. The van der Waals surface area contributed by atoms with Gasteiger partial charge in [0, 0.05) is 29.4 Å². The van der Waals surface area contributed by atoms with Crippen LogP contribution >= 0.6 is 0 Å². The Balaban J connectivity index is 1.97. The summed E-state index contributed by atoms with van der Waals surface area (Å²) in [6, 6.07) is 4.35. The van der Waals surface area contributed by atoms with Gasteiger partial charge in [0.2, 0.25) is 5.91 Å². The molecule has 2 aromatic carbocycles. The first-order valence-electron chi connectivity index (χ1n) is 11.1. The summed E-state index contributed by atoms with van der Waals surface area (Å²) >= 11 is 0. The van der Waals surface area contributed by atoms with Crippen LogP contribution in [-0.4, -0.2) is 32.4 Å². The van der Waals surface area contributed by atoms with Crippen molar-refractivity contribution >= 4 is 23.2 Å². The Hall–Kier alpha value is -4.62. The molecule has 202 valence electrons. The van der Waals surface area contributed by atoms with Crippen LogP contribution in [0.5, 0.6) is 5.75 Å². The van der Waals surface area contributed by atoms with Gasteiger partial charge in [0.1, 0.15) is 23.9 Å². The number of aromatic hydroxyl groups is 1. The Kier molecular flexibility index (Phi) is 7.93. The molecule has 0 spiro atoms. The summed E-state index contributed by atoms with van der Waals surface area (Å²) in [4.78, 5) is 29.9. The van der Waals surface area contributed by atoms with Crippen LogP contribution in [0.4, 0.5) is 29.1 Å². The van der Waals surface area contributed by atoms with Gasteiger partial charge in [-0.05, 0) is 44.2 Å². The highest BCUT2D eigenvalue weighted by Crippen LogP contribution is 2.34. The molecule has 0 radical (unpaired) electrons. The summed E-state index contributed by atoms with van der Waals surface area (Å²) in [7, 11) is 0. The lowest BCUT2D eigenvalue weighted by molar-refractivity contribution is -0.137. The molecule has 14 heteroatoms. The van der Waals surface area contributed by atoms with E-state index in [2.05, 4.69) is 15.6 Å². The molecule has 1 heterocycles. The Labute approximate surface area is 213 Å². The van der Waals surface area contributed by atoms with Gasteiger partial charge in [0.25, 0.3) is 5.56 Å². The molecule has 3 rings (SSSR count). The summed E-state index contributed by atoms with van der Waals surface area (Å²) in [5, 5.41) is 22.5. The number of carbonyl (C=O) groups is 1. The van der Waals surface area contributed by atoms with Gasteiger partial charge in [-0.25, -0.2) is 9.37 Å². The molecule has 3 aromatic rings. The van der Waals surface area contributed by atoms with Gasteiger partial charge in [0.05, 0.1) is 23.0 Å². The molecule has 1 amide bonds. The number of amidine groups is 1. The minimum absolute atomic E-state index is 0.0957. The van der Waals surface area contributed by atoms with Crippen molar-refractivity contribution in [1.82, 2.24) is 14.9 Å². The summed E-state index contributed by atoms with van der Waals surface area (Å²) in [6.07, 6.45) is -3.57. The quantitative estimate of drug-likeness (QED) is 0.111. The van der Waals surface area contributed by atoms with E-state index in [9.17, 15) is 32.3 Å². The number of hydrogen-bond donors (Lipinski definition) is 6. The van der Waals surface area contributed by atoms with E-state index in [1.165, 1.54) is 6.07 Å². The molecule has 1 aromatic heterocycles. The summed E-state index contributed by atoms with van der Waals surface area (Å²) < 4.78 is 55.4. The Bertz CT molecular complexity index is 1450. The second kappa shape index (κ2) is 10.8. The molecule has 0 unspecified atom stereocenters. The van der Waals surface area contributed by atoms with E-state index < -0.39 is 53.7 Å². The number of carbonyl (C=O) groups excluding carboxylic acids is 1. The molecule has 0 fully saturated rings. The van der Waals surface area contributed by atoms with E-state index >= 15 is 0 Å². The van der Waals surface area contributed by atoms with Crippen molar-refractivity contribution in [3.63, 3.8) is 0 Å². The predicted molar refractivity (Wildman–Crippen MR) is 133 cm³/mol. The summed E-state index contributed by atoms with van der Waals surface area (Å²) in [5.41, 5.74) is 8.34. The molecule has 10 nitrogen and oxygen atoms in total. The van der Waals surface area contributed by atoms with E-state index in [0.29, 0.717) is 0 Å². The summed E-state index contributed by atoms with van der Waals surface area (Å²) in [5.74, 6) is -2.79. The van der Waals surface area contributed by atoms with Crippen molar-refractivity contribution in [2.45, 2.75) is 39.2 Å². The Morgan fingerprint density at radius 2 is 1.89 bits per heavy atom. The third kappa shape index (κ3) is 6.38. The first kappa shape index (κ1) is 28.0. The van der Waals surface area contributed by atoms with E-state index in [-0.39, 0.29) is 39.9 Å². The van der Waals surface area contributed by atoms with Gasteiger partial charge in [0.15, 0.2) is 5.82 Å². The highest BCUT2D eigenvalue weighted by molar-refractivity contribution is 5.97. The maximum absolute atomic E-state index is 14.4. The van der Waals surface area contributed by atoms with E-state index in [4.69, 9.17) is 16.9 Å². The van der Waals surface area contributed by atoms with Crippen LogP contribution in [0, 0.1) is 11.2 Å². The average molecular weight is 536 g/mol. The number of anilines is 2. The summed E-state index contributed by atoms with van der Waals surface area (Å²) in [6.45, 7) is 2.42. The minimum Gasteiger partial charge on any atom is -0.507 e. The number of nitrogens with two attached hydrogens (primary N) is 2. The fourth-order valence-corrected chi connectivity index (χ4v) is 3.56. The Morgan fingerprint density at radius 1 is 1.21 bits per heavy atom. The largest absolute Gasteiger partial charge is 0.507 e. The second-order valence-corrected chi connectivity index (χ2v) is 8.68. The van der Waals surface area contributed by atoms with Crippen LogP contribution in [0.2, 0.25) is 0 Å². The first-order valence-corrected chi connectivity index (χ1v) is 11.1. The van der Waals surface area contributed by atoms with E-state index in [1.54, 1.807) is 13.8 Å². The highest BCUT2D eigenvalue weighted by atomic mass is 19.4. The minimum atomic E-state index is -4.72. The molecule has 0 aliphatic heterocycles. The topological polar surface area (TPSA) is 172 Å². The van der Waals surface area contributed by atoms with Crippen molar-refractivity contribution in [1.29, 1.82) is 5.41 Å². The second-order valence-electron chi connectivity index (χ2n) is 8.68. The molecule has 0 saturated carbocycles. The molecule has 0 aliphatic carbocycles. The van der Waals surface area contributed by atoms with Gasteiger partial charge in [-0.1, -0.05) is 0 Å². The molecule has 0 saturated heterocycles. The standard InChI is InChI=1S/C24H25F4N7O3/c1-11(2)34-22-23(38)35(18(9-33-22)12-3-14(24(26,27)28)6-15(29)4-12)10-20(37)32-8-13-5-19(36)16(21(30)31)7-17(13)25/h3-7,9,11,36H,8,10,29H2,1-2H3,(H3,30,31)(H,32,37)(H,33,34). The molecule has 0 aliphatic rings. The third-order valence-corrected chi connectivity index (χ3v) is 5.29. The van der Waals surface area contributed by atoms with Gasteiger partial charge < -0.3 is 27.2 Å². The van der Waals surface area contributed by atoms with Gasteiger partial charge in [-0.2, -0.15) is 13.2 Å². The van der Waals surface area contributed by atoms with Crippen LogP contribution in [0.25, 0.3) is 11.3 Å². The number of amides is 1. The monoisotopic (exact) mass is 535 g/mol. The number of nitrogens with one attached hydrogen (secondary N) is 3. The lowest BCUT2D eigenvalue weighted by Crippen LogP contribution is -2.35. The van der Waals surface area contributed by atoms with Gasteiger partial charge in [-0.3, -0.25) is 19.6 Å². The number of aromatic nitrogens is 2. The van der Waals surface area contributed by atoms with Crippen LogP contribution < -0.4 is 27.7 Å². The van der Waals surface area contributed by atoms with Gasteiger partial charge in [-0.15, -0.1) is 0 Å². The predicted octanol–water partition coefficient (Wildman–Crippen LogP) is 2.78. The maximum atomic E-state index is 14.4. The number of alkyl halides is 3. The SMILES string of the molecule is CC(C)Nc1ncc(-c2cc(N)cc(C(F)(F)F)c2)n(CC(=O)NCc2cc(O)c(C(=N)N)cc2F)c1=O. The fraction of sp³-hybridized carbons (Fsp3) is 0.250. The molecule has 0 atom stereocenters. The van der Waals surface area contributed by atoms with Crippen molar-refractivity contribution in [3.05, 3.63) is 69.4 Å². The fourth-order valence-electron chi connectivity index (χ4n) is 3.56. The zero-order valence-corrected chi connectivity index (χ0v) is 20.3. The molecule has 38 heavy (non-hydrogen) atoms. The zero-order chi connectivity index (χ0) is 28.4. The number of nitrogens with zero attached hydrogens (tertiary/aromatic N) is 2. The van der Waals surface area contributed by atoms with Crippen LogP contribution in [0.15, 0.2) is 41.3 Å². The van der Waals surface area contributed by atoms with Crippen molar-refractivity contribution in [2.24, 2.45) is 5.73 Å². The number of phenols is 1. The van der Waals surface area contributed by atoms with Crippen LogP contribution in [0.1, 0.15) is 30.5 Å². The van der Waals surface area contributed by atoms with Crippen molar-refractivity contribution < 1.29 is 27.5 Å². The van der Waals surface area contributed by atoms with Gasteiger partial charge >= 0.3 is 6.18 Å². The molecular weight excluding hydrogens is 510 g/mol. The molecule has 8 N–H and O–H groups in total. The average Bonchev–Trinajstić information content (AvgIpc) is 2.80. The number of nitrogen functional groups attached to an aromatic ring is 2. The number of hydrogen-bond acceptors (Lipinski definition) is 7. The number of benzene rings is 2. The van der Waals surface area contributed by atoms with Crippen molar-refractivity contribution in [3.8, 4) is 17.0 Å². The lowest BCUT2D eigenvalue weighted by atomic mass is 10.1. The van der Waals surface area contributed by atoms with E-state index in [1.807, 2.05) is 0 Å². The van der Waals surface area contributed by atoms with Crippen LogP contribution in [0.3, 0.4) is 0 Å². The number of rotatable bonds is 8. The van der Waals surface area contributed by atoms with Crippen molar-refractivity contribution in [2.75, 3.05) is 11.1 Å². The third-order valence-electron chi connectivity index (χ3n) is 5.29. The molecular formula is C24H25F4N7O3. The smallest absolute Gasteiger partial charge is 0.416 e. The molecule has 0 bridgehead atoms. The normalized spacial score (nSPS) is 11.4. The zero-order valence-electron chi connectivity index (χ0n) is 20.3. The maximum Gasteiger partial charge on any atom is 0.416 e. The Morgan fingerprint density at radius 3 is 2.50 bits per heavy atom. The number of halogens is 4. The van der Waals surface area contributed by atoms with E-state index in [0.717, 1.165) is 35.0 Å².